The monoisotopic (exact) mass is 188 g/mol. The van der Waals surface area contributed by atoms with Crippen LogP contribution in [-0.4, -0.2) is 4.98 Å². The van der Waals surface area contributed by atoms with Crippen molar-refractivity contribution in [2.75, 3.05) is 0 Å². The van der Waals surface area contributed by atoms with Crippen molar-refractivity contribution in [3.63, 3.8) is 0 Å². The topological polar surface area (TPSA) is 52.0 Å². The second kappa shape index (κ2) is 3.92. The van der Waals surface area contributed by atoms with E-state index in [1.54, 1.807) is 0 Å². The molecule has 0 unspecified atom stereocenters. The number of rotatable bonds is 1. The molecule has 0 saturated carbocycles. The van der Waals surface area contributed by atoms with Crippen molar-refractivity contribution in [2.24, 2.45) is 5.73 Å². The molecule has 12 heavy (non-hydrogen) atoms. The third-order valence-electron chi connectivity index (χ3n) is 2.06. The summed E-state index contributed by atoms with van der Waals surface area (Å²) in [5, 5.41) is 0. The third-order valence-corrected chi connectivity index (χ3v) is 2.06. The number of nitrogens with two attached hydrogens (primary N) is 1. The van der Waals surface area contributed by atoms with Gasteiger partial charge in [-0.1, -0.05) is 0 Å². The summed E-state index contributed by atoms with van der Waals surface area (Å²) in [4.78, 5) is 4.28. The number of oxazole rings is 1. The highest BCUT2D eigenvalue weighted by Gasteiger charge is 2.15. The van der Waals surface area contributed by atoms with E-state index in [0.717, 1.165) is 24.3 Å². The van der Waals surface area contributed by atoms with Crippen LogP contribution in [0.1, 0.15) is 30.2 Å². The first-order valence-corrected chi connectivity index (χ1v) is 4.07. The molecule has 0 radical (unpaired) electrons. The minimum Gasteiger partial charge on any atom is -0.444 e. The van der Waals surface area contributed by atoms with Gasteiger partial charge in [0.05, 0.1) is 12.2 Å². The van der Waals surface area contributed by atoms with Crippen molar-refractivity contribution in [2.45, 2.75) is 32.2 Å². The number of aromatic nitrogens is 1. The quantitative estimate of drug-likeness (QED) is 0.726. The Hall–Kier alpha value is -0.540. The Morgan fingerprint density at radius 1 is 1.33 bits per heavy atom. The first-order valence-electron chi connectivity index (χ1n) is 4.07. The number of nitrogens with zero attached hydrogens (tertiary/aromatic N) is 1. The summed E-state index contributed by atoms with van der Waals surface area (Å²) in [6.07, 6.45) is 4.58. The van der Waals surface area contributed by atoms with Gasteiger partial charge in [0, 0.05) is 6.42 Å². The molecule has 0 amide bonds. The minimum atomic E-state index is 0. The highest BCUT2D eigenvalue weighted by molar-refractivity contribution is 5.85. The molecule has 2 rings (SSSR count). The fraction of sp³-hybridized carbons (Fsp3) is 0.625. The lowest BCUT2D eigenvalue weighted by molar-refractivity contribution is 0.440. The molecule has 1 aliphatic carbocycles. The summed E-state index contributed by atoms with van der Waals surface area (Å²) in [5.74, 6) is 1.76. The zero-order chi connectivity index (χ0) is 7.68. The van der Waals surface area contributed by atoms with Crippen LogP contribution in [0.4, 0.5) is 0 Å². The number of halogens is 1. The maximum Gasteiger partial charge on any atom is 0.208 e. The molecule has 2 N–H and O–H groups in total. The Morgan fingerprint density at radius 2 is 2.08 bits per heavy atom. The molecule has 0 fully saturated rings. The Balaban J connectivity index is 0.000000720. The van der Waals surface area contributed by atoms with Gasteiger partial charge in [0.25, 0.3) is 0 Å². The van der Waals surface area contributed by atoms with Gasteiger partial charge in [-0.15, -0.1) is 12.4 Å². The lowest BCUT2D eigenvalue weighted by Gasteiger charge is -2.05. The van der Waals surface area contributed by atoms with Crippen LogP contribution in [0.25, 0.3) is 0 Å². The van der Waals surface area contributed by atoms with E-state index in [2.05, 4.69) is 4.98 Å². The summed E-state index contributed by atoms with van der Waals surface area (Å²) >= 11 is 0. The molecule has 0 saturated heterocycles. The maximum atomic E-state index is 5.42. The molecule has 3 nitrogen and oxygen atoms in total. The van der Waals surface area contributed by atoms with Crippen molar-refractivity contribution in [1.82, 2.24) is 4.98 Å². The lowest BCUT2D eigenvalue weighted by Crippen LogP contribution is -2.00. The zero-order valence-corrected chi connectivity index (χ0v) is 7.69. The molecule has 0 aromatic carbocycles. The standard InChI is InChI=1S/C8H12N2O.ClH/c9-5-8-10-6-3-1-2-4-7(6)11-8;/h1-5,9H2;1H. The maximum absolute atomic E-state index is 5.42. The van der Waals surface area contributed by atoms with Gasteiger partial charge in [-0.3, -0.25) is 0 Å². The molecule has 4 heteroatoms. The SMILES string of the molecule is Cl.NCc1nc2c(o1)CCCC2. The molecule has 1 aromatic rings. The van der Waals surface area contributed by atoms with Crippen LogP contribution in [0, 0.1) is 0 Å². The minimum absolute atomic E-state index is 0. The van der Waals surface area contributed by atoms with Gasteiger partial charge in [0.2, 0.25) is 5.89 Å². The zero-order valence-electron chi connectivity index (χ0n) is 6.88. The van der Waals surface area contributed by atoms with Crippen LogP contribution in [0.5, 0.6) is 0 Å². The molecule has 1 aliphatic rings. The van der Waals surface area contributed by atoms with Gasteiger partial charge >= 0.3 is 0 Å². The fourth-order valence-electron chi connectivity index (χ4n) is 1.49. The van der Waals surface area contributed by atoms with Crippen LogP contribution >= 0.6 is 12.4 Å². The predicted octanol–water partition coefficient (Wildman–Crippen LogP) is 1.43. The van der Waals surface area contributed by atoms with E-state index in [4.69, 9.17) is 10.2 Å². The van der Waals surface area contributed by atoms with E-state index in [-0.39, 0.29) is 12.4 Å². The van der Waals surface area contributed by atoms with Gasteiger partial charge in [0.15, 0.2) is 0 Å². The highest BCUT2D eigenvalue weighted by Crippen LogP contribution is 2.21. The van der Waals surface area contributed by atoms with Crippen molar-refractivity contribution in [1.29, 1.82) is 0 Å². The average molecular weight is 189 g/mol. The number of hydrogen-bond donors (Lipinski definition) is 1. The largest absolute Gasteiger partial charge is 0.444 e. The lowest BCUT2D eigenvalue weighted by atomic mass is 10.0. The molecule has 0 spiro atoms. The van der Waals surface area contributed by atoms with Crippen molar-refractivity contribution in [3.8, 4) is 0 Å². The summed E-state index contributed by atoms with van der Waals surface area (Å²) in [7, 11) is 0. The molecule has 0 bridgehead atoms. The number of aryl methyl sites for hydroxylation is 2. The van der Waals surface area contributed by atoms with E-state index in [0.29, 0.717) is 12.4 Å². The predicted molar refractivity (Wildman–Crippen MR) is 48.3 cm³/mol. The smallest absolute Gasteiger partial charge is 0.208 e. The van der Waals surface area contributed by atoms with Crippen LogP contribution in [0.15, 0.2) is 4.42 Å². The average Bonchev–Trinajstić information content (AvgIpc) is 2.46. The van der Waals surface area contributed by atoms with Crippen molar-refractivity contribution >= 4 is 12.4 Å². The van der Waals surface area contributed by atoms with Gasteiger partial charge < -0.3 is 10.2 Å². The highest BCUT2D eigenvalue weighted by atomic mass is 35.5. The van der Waals surface area contributed by atoms with E-state index in [1.165, 1.54) is 12.8 Å². The summed E-state index contributed by atoms with van der Waals surface area (Å²) in [5.41, 5.74) is 6.54. The Bertz CT molecular complexity index is 236. The van der Waals surface area contributed by atoms with E-state index in [1.807, 2.05) is 0 Å². The third kappa shape index (κ3) is 1.62. The van der Waals surface area contributed by atoms with Crippen LogP contribution < -0.4 is 5.73 Å². The van der Waals surface area contributed by atoms with Gasteiger partial charge in [-0.2, -0.15) is 0 Å². The molecule has 0 aliphatic heterocycles. The molecule has 1 aromatic heterocycles. The van der Waals surface area contributed by atoms with Crippen LogP contribution in [0.3, 0.4) is 0 Å². The first kappa shape index (κ1) is 9.55. The summed E-state index contributed by atoms with van der Waals surface area (Å²) in [6, 6.07) is 0. The normalized spacial score (nSPS) is 15.1. The van der Waals surface area contributed by atoms with E-state index in [9.17, 15) is 0 Å². The van der Waals surface area contributed by atoms with E-state index < -0.39 is 0 Å². The fourth-order valence-corrected chi connectivity index (χ4v) is 1.49. The Kier molecular flexibility index (Phi) is 3.12. The van der Waals surface area contributed by atoms with Crippen LogP contribution in [0.2, 0.25) is 0 Å². The number of hydrogen-bond acceptors (Lipinski definition) is 3. The Labute approximate surface area is 77.8 Å². The first-order chi connectivity index (χ1) is 5.40. The number of fused-ring (bicyclic) bond motifs is 1. The molecule has 1 heterocycles. The van der Waals surface area contributed by atoms with Gasteiger partial charge in [0.1, 0.15) is 5.76 Å². The summed E-state index contributed by atoms with van der Waals surface area (Å²) < 4.78 is 5.42. The van der Waals surface area contributed by atoms with Crippen LogP contribution in [-0.2, 0) is 19.4 Å². The van der Waals surface area contributed by atoms with Gasteiger partial charge in [-0.05, 0) is 19.3 Å². The van der Waals surface area contributed by atoms with E-state index >= 15 is 0 Å². The molecular weight excluding hydrogens is 176 g/mol. The molecule has 0 atom stereocenters. The second-order valence-electron chi connectivity index (χ2n) is 2.89. The second-order valence-corrected chi connectivity index (χ2v) is 2.89. The van der Waals surface area contributed by atoms with Gasteiger partial charge in [-0.25, -0.2) is 4.98 Å². The Morgan fingerprint density at radius 3 is 2.75 bits per heavy atom. The summed E-state index contributed by atoms with van der Waals surface area (Å²) in [6.45, 7) is 0.424. The van der Waals surface area contributed by atoms with Crippen molar-refractivity contribution in [3.05, 3.63) is 17.3 Å². The van der Waals surface area contributed by atoms with Crippen molar-refractivity contribution < 1.29 is 4.42 Å². The molecular formula is C8H13ClN2O. The molecule has 68 valence electrons.